The molecule has 0 unspecified atom stereocenters. The Morgan fingerprint density at radius 1 is 1.25 bits per heavy atom. The van der Waals surface area contributed by atoms with Gasteiger partial charge in [0.05, 0.1) is 0 Å². The van der Waals surface area contributed by atoms with Gasteiger partial charge >= 0.3 is 0 Å². The Balaban J connectivity index is 1.89. The summed E-state index contributed by atoms with van der Waals surface area (Å²) in [5, 5.41) is 0. The summed E-state index contributed by atoms with van der Waals surface area (Å²) in [6.45, 7) is 0. The number of carbonyl (C=O) groups is 1. The van der Waals surface area contributed by atoms with Gasteiger partial charge in [-0.05, 0) is 43.4 Å². The van der Waals surface area contributed by atoms with Gasteiger partial charge in [-0.1, -0.05) is 0 Å². The molecule has 3 nitrogen and oxygen atoms in total. The maximum absolute atomic E-state index is 12.0. The Morgan fingerprint density at radius 2 is 1.88 bits per heavy atom. The molecule has 1 fully saturated rings. The lowest BCUT2D eigenvalue weighted by molar-refractivity contribution is -0.123. The molecule has 1 heterocycles. The average molecular weight is 218 g/mol. The van der Waals surface area contributed by atoms with Crippen molar-refractivity contribution >= 4 is 5.78 Å². The van der Waals surface area contributed by atoms with Gasteiger partial charge in [-0.2, -0.15) is 0 Å². The van der Waals surface area contributed by atoms with Gasteiger partial charge in [0.1, 0.15) is 5.78 Å². The minimum atomic E-state index is 0.230. The molecule has 2 N–H and O–H groups in total. The molecular formula is C13H18N2O. The van der Waals surface area contributed by atoms with Crippen molar-refractivity contribution in [3.05, 3.63) is 30.1 Å². The number of nitrogens with two attached hydrogens (primary N) is 1. The summed E-state index contributed by atoms with van der Waals surface area (Å²) in [4.78, 5) is 16.0. The summed E-state index contributed by atoms with van der Waals surface area (Å²) in [6.07, 6.45) is 7.93. The van der Waals surface area contributed by atoms with Crippen molar-refractivity contribution in [1.82, 2.24) is 4.98 Å². The van der Waals surface area contributed by atoms with E-state index >= 15 is 0 Å². The summed E-state index contributed by atoms with van der Waals surface area (Å²) in [6, 6.07) is 4.13. The molecule has 0 atom stereocenters. The first-order valence-electron chi connectivity index (χ1n) is 5.93. The van der Waals surface area contributed by atoms with Crippen molar-refractivity contribution < 1.29 is 4.79 Å². The molecule has 0 radical (unpaired) electrons. The lowest BCUT2D eigenvalue weighted by Crippen LogP contribution is -2.30. The molecule has 0 bridgehead atoms. The maximum atomic E-state index is 12.0. The van der Waals surface area contributed by atoms with Crippen molar-refractivity contribution in [2.24, 2.45) is 11.7 Å². The lowest BCUT2D eigenvalue weighted by atomic mass is 9.82. The Hall–Kier alpha value is -1.22. The van der Waals surface area contributed by atoms with Gasteiger partial charge in [0.15, 0.2) is 0 Å². The fraction of sp³-hybridized carbons (Fsp3) is 0.538. The Morgan fingerprint density at radius 3 is 2.50 bits per heavy atom. The molecule has 1 saturated carbocycles. The molecule has 86 valence electrons. The highest BCUT2D eigenvalue weighted by atomic mass is 16.1. The van der Waals surface area contributed by atoms with E-state index < -0.39 is 0 Å². The maximum Gasteiger partial charge on any atom is 0.140 e. The van der Waals surface area contributed by atoms with Crippen LogP contribution in [-0.2, 0) is 11.2 Å². The molecule has 3 heteroatoms. The van der Waals surface area contributed by atoms with Crippen molar-refractivity contribution in [2.75, 3.05) is 0 Å². The molecule has 1 aliphatic carbocycles. The van der Waals surface area contributed by atoms with Crippen LogP contribution in [0.2, 0.25) is 0 Å². The van der Waals surface area contributed by atoms with Gasteiger partial charge in [0.2, 0.25) is 0 Å². The fourth-order valence-corrected chi connectivity index (χ4v) is 2.29. The molecule has 1 aliphatic rings. The first kappa shape index (κ1) is 11.3. The zero-order chi connectivity index (χ0) is 11.4. The summed E-state index contributed by atoms with van der Waals surface area (Å²) >= 11 is 0. The van der Waals surface area contributed by atoms with Crippen molar-refractivity contribution in [3.8, 4) is 0 Å². The van der Waals surface area contributed by atoms with Crippen LogP contribution in [0.3, 0.4) is 0 Å². The number of ketones is 1. The number of aromatic nitrogens is 1. The molecule has 0 spiro atoms. The molecule has 0 saturated heterocycles. The van der Waals surface area contributed by atoms with Crippen LogP contribution >= 0.6 is 0 Å². The van der Waals surface area contributed by atoms with Crippen LogP contribution in [0.15, 0.2) is 24.5 Å². The zero-order valence-electron chi connectivity index (χ0n) is 9.43. The number of rotatable bonds is 3. The third-order valence-corrected chi connectivity index (χ3v) is 3.35. The quantitative estimate of drug-likeness (QED) is 0.840. The molecule has 1 aromatic rings. The Labute approximate surface area is 96.1 Å². The van der Waals surface area contributed by atoms with Crippen LogP contribution in [0.5, 0.6) is 0 Å². The highest BCUT2D eigenvalue weighted by Crippen LogP contribution is 2.24. The van der Waals surface area contributed by atoms with Gasteiger partial charge in [-0.25, -0.2) is 0 Å². The van der Waals surface area contributed by atoms with Crippen LogP contribution in [0.25, 0.3) is 0 Å². The molecule has 16 heavy (non-hydrogen) atoms. The van der Waals surface area contributed by atoms with E-state index in [2.05, 4.69) is 4.98 Å². The third kappa shape index (κ3) is 2.89. The molecule has 1 aromatic heterocycles. The Bertz CT molecular complexity index is 342. The molecule has 0 amide bonds. The second-order valence-corrected chi connectivity index (χ2v) is 4.61. The van der Waals surface area contributed by atoms with Crippen molar-refractivity contribution in [1.29, 1.82) is 0 Å². The number of carbonyl (C=O) groups excluding carboxylic acids is 1. The van der Waals surface area contributed by atoms with Crippen LogP contribution in [-0.4, -0.2) is 16.8 Å². The normalized spacial score (nSPS) is 25.3. The minimum Gasteiger partial charge on any atom is -0.328 e. The van der Waals surface area contributed by atoms with Gasteiger partial charge < -0.3 is 5.73 Å². The van der Waals surface area contributed by atoms with E-state index in [1.54, 1.807) is 12.4 Å². The molecule has 0 aromatic carbocycles. The summed E-state index contributed by atoms with van der Waals surface area (Å²) in [7, 11) is 0. The highest BCUT2D eigenvalue weighted by molar-refractivity contribution is 5.83. The van der Waals surface area contributed by atoms with Gasteiger partial charge in [0.25, 0.3) is 0 Å². The van der Waals surface area contributed by atoms with E-state index in [9.17, 15) is 4.79 Å². The predicted octanol–water partition coefficient (Wildman–Crippen LogP) is 1.71. The van der Waals surface area contributed by atoms with E-state index in [1.165, 1.54) is 0 Å². The third-order valence-electron chi connectivity index (χ3n) is 3.35. The lowest BCUT2D eigenvalue weighted by Gasteiger charge is -2.24. The van der Waals surface area contributed by atoms with Gasteiger partial charge in [-0.15, -0.1) is 0 Å². The summed E-state index contributed by atoms with van der Waals surface area (Å²) < 4.78 is 0. The standard InChI is InChI=1S/C13H18N2O/c14-12-3-1-11(2-4-12)13(16)9-10-5-7-15-8-6-10/h5-8,11-12H,1-4,9,14H2. The largest absolute Gasteiger partial charge is 0.328 e. The average Bonchev–Trinajstić information content (AvgIpc) is 2.31. The van der Waals surface area contributed by atoms with E-state index in [-0.39, 0.29) is 5.92 Å². The van der Waals surface area contributed by atoms with E-state index in [0.717, 1.165) is 31.2 Å². The van der Waals surface area contributed by atoms with Crippen molar-refractivity contribution in [2.45, 2.75) is 38.1 Å². The van der Waals surface area contributed by atoms with Crippen LogP contribution < -0.4 is 5.73 Å². The summed E-state index contributed by atoms with van der Waals surface area (Å²) in [5.74, 6) is 0.589. The number of Topliss-reactive ketones (excluding diaryl/α,β-unsaturated/α-hetero) is 1. The number of hydrogen-bond donors (Lipinski definition) is 1. The smallest absolute Gasteiger partial charge is 0.140 e. The SMILES string of the molecule is NC1CCC(C(=O)Cc2ccncc2)CC1. The first-order valence-corrected chi connectivity index (χ1v) is 5.93. The Kier molecular flexibility index (Phi) is 3.67. The monoisotopic (exact) mass is 218 g/mol. The van der Waals surface area contributed by atoms with Gasteiger partial charge in [-0.3, -0.25) is 9.78 Å². The van der Waals surface area contributed by atoms with Gasteiger partial charge in [0, 0.05) is 30.8 Å². The minimum absolute atomic E-state index is 0.230. The molecule has 2 rings (SSSR count). The van der Waals surface area contributed by atoms with Crippen LogP contribution in [0.1, 0.15) is 31.2 Å². The van der Waals surface area contributed by atoms with Crippen LogP contribution in [0, 0.1) is 5.92 Å². The second kappa shape index (κ2) is 5.21. The molecular weight excluding hydrogens is 200 g/mol. The number of hydrogen-bond acceptors (Lipinski definition) is 3. The topological polar surface area (TPSA) is 56.0 Å². The highest BCUT2D eigenvalue weighted by Gasteiger charge is 2.24. The summed E-state index contributed by atoms with van der Waals surface area (Å²) in [5.41, 5.74) is 6.89. The van der Waals surface area contributed by atoms with Crippen molar-refractivity contribution in [3.63, 3.8) is 0 Å². The van der Waals surface area contributed by atoms with Crippen LogP contribution in [0.4, 0.5) is 0 Å². The fourth-order valence-electron chi connectivity index (χ4n) is 2.29. The van der Waals surface area contributed by atoms with E-state index in [1.807, 2.05) is 12.1 Å². The number of nitrogens with zero attached hydrogens (tertiary/aromatic N) is 1. The second-order valence-electron chi connectivity index (χ2n) is 4.61. The molecule has 0 aliphatic heterocycles. The van der Waals surface area contributed by atoms with E-state index in [4.69, 9.17) is 5.73 Å². The first-order chi connectivity index (χ1) is 7.75. The number of pyridine rings is 1. The van der Waals surface area contributed by atoms with E-state index in [0.29, 0.717) is 18.2 Å². The predicted molar refractivity (Wildman–Crippen MR) is 62.9 cm³/mol. The zero-order valence-corrected chi connectivity index (χ0v) is 9.43.